The molecule has 3 amide bonds. The molecule has 2 N–H and O–H groups in total. The molecule has 2 aromatic carbocycles. The first-order valence-corrected chi connectivity index (χ1v) is 13.3. The Balaban J connectivity index is 1.45. The molecule has 0 saturated carbocycles. The average molecular weight is 579 g/mol. The van der Waals surface area contributed by atoms with Gasteiger partial charge in [0, 0.05) is 30.4 Å². The summed E-state index contributed by atoms with van der Waals surface area (Å²) in [5, 5.41) is 9.61. The number of fused-ring (bicyclic) bond motifs is 1. The molecule has 1 aliphatic heterocycles. The van der Waals surface area contributed by atoms with E-state index in [-0.39, 0.29) is 30.8 Å². The van der Waals surface area contributed by atoms with E-state index in [9.17, 15) is 22.8 Å². The molecule has 4 aromatic rings. The Morgan fingerprint density at radius 3 is 2.55 bits per heavy atom. The summed E-state index contributed by atoms with van der Waals surface area (Å²) in [6, 6.07) is 13.3. The van der Waals surface area contributed by atoms with E-state index < -0.39 is 23.2 Å². The molecule has 12 heteroatoms. The van der Waals surface area contributed by atoms with Crippen molar-refractivity contribution in [1.82, 2.24) is 30.7 Å². The van der Waals surface area contributed by atoms with Crippen LogP contribution in [0.5, 0.6) is 0 Å². The van der Waals surface area contributed by atoms with Crippen LogP contribution in [0.25, 0.3) is 22.6 Å². The molecular formula is C30H29F3N6O3. The second kappa shape index (κ2) is 11.3. The van der Waals surface area contributed by atoms with Crippen molar-refractivity contribution in [1.29, 1.82) is 0 Å². The highest BCUT2D eigenvalue weighted by atomic mass is 19.4. The van der Waals surface area contributed by atoms with Gasteiger partial charge < -0.3 is 20.1 Å². The molecule has 0 spiro atoms. The van der Waals surface area contributed by atoms with Gasteiger partial charge in [0.2, 0.25) is 11.7 Å². The van der Waals surface area contributed by atoms with Crippen molar-refractivity contribution in [3.8, 4) is 22.6 Å². The number of pyridine rings is 1. The lowest BCUT2D eigenvalue weighted by atomic mass is 9.87. The lowest BCUT2D eigenvalue weighted by Crippen LogP contribution is -2.50. The van der Waals surface area contributed by atoms with E-state index in [0.29, 0.717) is 40.9 Å². The Labute approximate surface area is 240 Å². The maximum absolute atomic E-state index is 13.5. The molecule has 0 unspecified atom stereocenters. The highest BCUT2D eigenvalue weighted by molar-refractivity contribution is 5.97. The molecule has 0 aliphatic carbocycles. The fraction of sp³-hybridized carbons (Fsp3) is 0.300. The zero-order valence-corrected chi connectivity index (χ0v) is 23.2. The van der Waals surface area contributed by atoms with Crippen LogP contribution < -0.4 is 10.6 Å². The number of urea groups is 1. The molecule has 0 fully saturated rings. The van der Waals surface area contributed by atoms with Gasteiger partial charge in [-0.25, -0.2) is 4.79 Å². The molecule has 42 heavy (non-hydrogen) atoms. The monoisotopic (exact) mass is 578 g/mol. The minimum absolute atomic E-state index is 0.0585. The van der Waals surface area contributed by atoms with Gasteiger partial charge in [-0.3, -0.25) is 9.78 Å². The number of halogens is 3. The maximum Gasteiger partial charge on any atom is 0.416 e. The smallest absolute Gasteiger partial charge is 0.343 e. The zero-order chi connectivity index (χ0) is 30.1. The Hall–Kier alpha value is -4.74. The van der Waals surface area contributed by atoms with Crippen LogP contribution in [0.15, 0.2) is 65.3 Å². The predicted molar refractivity (Wildman–Crippen MR) is 148 cm³/mol. The number of carbonyl (C=O) groups excluding carboxylic acids is 2. The van der Waals surface area contributed by atoms with E-state index in [2.05, 4.69) is 25.8 Å². The van der Waals surface area contributed by atoms with Gasteiger partial charge in [0.25, 0.3) is 5.91 Å². The normalized spacial score (nSPS) is 13.4. The third-order valence-electron chi connectivity index (χ3n) is 6.69. The fourth-order valence-corrected chi connectivity index (χ4v) is 4.77. The summed E-state index contributed by atoms with van der Waals surface area (Å²) in [6.07, 6.45) is -2.54. The molecule has 0 radical (unpaired) electrons. The van der Waals surface area contributed by atoms with Crippen LogP contribution in [0.1, 0.15) is 53.7 Å². The number of nitrogens with zero attached hydrogens (tertiary/aromatic N) is 4. The SMILES string of the molecule is CC(C)(C)NC(=O)N1CCc2c(-c3cccc(C(F)(F)F)c3)ccc(C(=O)NCc3nc(-c4ccccn4)no3)c2C1. The first-order chi connectivity index (χ1) is 19.9. The second-order valence-electron chi connectivity index (χ2n) is 11.0. The molecule has 0 atom stereocenters. The van der Waals surface area contributed by atoms with E-state index in [4.69, 9.17) is 4.52 Å². The van der Waals surface area contributed by atoms with Crippen molar-refractivity contribution in [2.45, 2.75) is 52.0 Å². The van der Waals surface area contributed by atoms with Crippen molar-refractivity contribution in [3.63, 3.8) is 0 Å². The number of benzene rings is 2. The standard InChI is InChI=1S/C30H29F3N6O3/c1-29(2,3)37-28(41)39-14-12-21-20(18-7-6-8-19(15-18)30(31,32)33)10-11-22(23(21)17-39)27(40)35-16-25-36-26(38-42-25)24-9-4-5-13-34-24/h4-11,13,15H,12,14,16-17H2,1-3H3,(H,35,40)(H,37,41). The Bertz CT molecular complexity index is 1610. The first-order valence-electron chi connectivity index (χ1n) is 13.3. The molecule has 218 valence electrons. The number of amides is 3. The summed E-state index contributed by atoms with van der Waals surface area (Å²) in [6.45, 7) is 5.98. The summed E-state index contributed by atoms with van der Waals surface area (Å²) in [5.74, 6) is 0.00492. The quantitative estimate of drug-likeness (QED) is 0.318. The van der Waals surface area contributed by atoms with Crippen molar-refractivity contribution in [3.05, 3.63) is 88.9 Å². The predicted octanol–water partition coefficient (Wildman–Crippen LogP) is 5.61. The highest BCUT2D eigenvalue weighted by Crippen LogP contribution is 2.36. The number of carbonyl (C=O) groups is 2. The molecule has 1 aliphatic rings. The van der Waals surface area contributed by atoms with Crippen molar-refractivity contribution >= 4 is 11.9 Å². The number of rotatable bonds is 5. The Morgan fingerprint density at radius 2 is 1.83 bits per heavy atom. The van der Waals surface area contributed by atoms with Gasteiger partial charge in [0.15, 0.2) is 0 Å². The number of alkyl halides is 3. The van der Waals surface area contributed by atoms with Gasteiger partial charge in [-0.1, -0.05) is 29.4 Å². The summed E-state index contributed by atoms with van der Waals surface area (Å²) < 4.78 is 45.7. The molecule has 9 nitrogen and oxygen atoms in total. The van der Waals surface area contributed by atoms with Crippen molar-refractivity contribution < 1.29 is 27.3 Å². The molecular weight excluding hydrogens is 549 g/mol. The van der Waals surface area contributed by atoms with Crippen LogP contribution in [0.2, 0.25) is 0 Å². The van der Waals surface area contributed by atoms with E-state index >= 15 is 0 Å². The van der Waals surface area contributed by atoms with E-state index in [0.717, 1.165) is 17.7 Å². The van der Waals surface area contributed by atoms with Crippen LogP contribution in [0, 0.1) is 0 Å². The number of nitrogens with one attached hydrogen (secondary N) is 2. The summed E-state index contributed by atoms with van der Waals surface area (Å²) >= 11 is 0. The summed E-state index contributed by atoms with van der Waals surface area (Å²) in [4.78, 5) is 36.5. The minimum atomic E-state index is -4.50. The van der Waals surface area contributed by atoms with E-state index in [1.165, 1.54) is 6.07 Å². The minimum Gasteiger partial charge on any atom is -0.343 e. The average Bonchev–Trinajstić information content (AvgIpc) is 3.43. The van der Waals surface area contributed by atoms with Crippen LogP contribution in [0.4, 0.5) is 18.0 Å². The van der Waals surface area contributed by atoms with E-state index in [1.54, 1.807) is 47.5 Å². The lowest BCUT2D eigenvalue weighted by Gasteiger charge is -2.34. The lowest BCUT2D eigenvalue weighted by molar-refractivity contribution is -0.137. The van der Waals surface area contributed by atoms with Crippen molar-refractivity contribution in [2.75, 3.05) is 6.54 Å². The third-order valence-corrected chi connectivity index (χ3v) is 6.69. The third kappa shape index (κ3) is 6.42. The van der Waals surface area contributed by atoms with Crippen LogP contribution in [0.3, 0.4) is 0 Å². The second-order valence-corrected chi connectivity index (χ2v) is 11.0. The summed E-state index contributed by atoms with van der Waals surface area (Å²) in [5.41, 5.74) is 1.84. The molecule has 0 bridgehead atoms. The van der Waals surface area contributed by atoms with Gasteiger partial charge in [-0.15, -0.1) is 0 Å². The van der Waals surface area contributed by atoms with Crippen LogP contribution in [-0.4, -0.2) is 44.0 Å². The van der Waals surface area contributed by atoms with Crippen LogP contribution in [-0.2, 0) is 25.7 Å². The highest BCUT2D eigenvalue weighted by Gasteiger charge is 2.32. The van der Waals surface area contributed by atoms with Gasteiger partial charge >= 0.3 is 12.2 Å². The van der Waals surface area contributed by atoms with E-state index in [1.807, 2.05) is 20.8 Å². The fourth-order valence-electron chi connectivity index (χ4n) is 4.77. The number of aromatic nitrogens is 3. The molecule has 3 heterocycles. The van der Waals surface area contributed by atoms with Gasteiger partial charge in [-0.2, -0.15) is 18.2 Å². The maximum atomic E-state index is 13.5. The summed E-state index contributed by atoms with van der Waals surface area (Å²) in [7, 11) is 0. The topological polar surface area (TPSA) is 113 Å². The zero-order valence-electron chi connectivity index (χ0n) is 23.2. The number of hydrogen-bond donors (Lipinski definition) is 2. The first kappa shape index (κ1) is 28.8. The van der Waals surface area contributed by atoms with Crippen LogP contribution >= 0.6 is 0 Å². The van der Waals surface area contributed by atoms with Crippen molar-refractivity contribution in [2.24, 2.45) is 0 Å². The van der Waals surface area contributed by atoms with Gasteiger partial charge in [0.05, 0.1) is 12.1 Å². The molecule has 2 aromatic heterocycles. The number of hydrogen-bond acceptors (Lipinski definition) is 6. The Kier molecular flexibility index (Phi) is 7.72. The van der Waals surface area contributed by atoms with Gasteiger partial charge in [-0.05, 0) is 79.8 Å². The Morgan fingerprint density at radius 1 is 1.02 bits per heavy atom. The molecule has 0 saturated heterocycles. The largest absolute Gasteiger partial charge is 0.416 e. The molecule has 5 rings (SSSR count). The van der Waals surface area contributed by atoms with Gasteiger partial charge in [0.1, 0.15) is 5.69 Å².